The molecule has 4 rings (SSSR count). The Kier molecular flexibility index (Phi) is 5.21. The lowest BCUT2D eigenvalue weighted by Crippen LogP contribution is -2.43. The fourth-order valence-electron chi connectivity index (χ4n) is 4.09. The van der Waals surface area contributed by atoms with E-state index >= 15 is 0 Å². The van der Waals surface area contributed by atoms with Crippen LogP contribution in [0.1, 0.15) is 41.2 Å². The molecule has 3 atom stereocenters. The van der Waals surface area contributed by atoms with Gasteiger partial charge >= 0.3 is 0 Å². The first-order valence-electron chi connectivity index (χ1n) is 9.50. The number of hydrogen-bond acceptors (Lipinski definition) is 4. The smallest absolute Gasteiger partial charge is 0.269 e. The van der Waals surface area contributed by atoms with Gasteiger partial charge in [-0.2, -0.15) is 5.10 Å². The van der Waals surface area contributed by atoms with Crippen LogP contribution < -0.4 is 5.32 Å². The van der Waals surface area contributed by atoms with Crippen LogP contribution in [0.5, 0.6) is 0 Å². The molecule has 0 saturated carbocycles. The number of nitrogens with one attached hydrogen (secondary N) is 1. The van der Waals surface area contributed by atoms with Crippen molar-refractivity contribution in [3.8, 4) is 0 Å². The normalized spacial score (nSPS) is 25.4. The third kappa shape index (κ3) is 3.88. The van der Waals surface area contributed by atoms with Crippen molar-refractivity contribution < 1.29 is 9.53 Å². The van der Waals surface area contributed by atoms with Gasteiger partial charge in [-0.1, -0.05) is 23.7 Å². The second kappa shape index (κ2) is 7.62. The maximum absolute atomic E-state index is 12.7. The number of carbonyl (C=O) groups excluding carboxylic acids is 1. The average Bonchev–Trinajstić information content (AvgIpc) is 3.24. The van der Waals surface area contributed by atoms with E-state index in [0.717, 1.165) is 35.8 Å². The SMILES string of the molecule is CCn1nc(C)cc1C(=O)N[C@H]1C[C@H]2CO[C@@H](c3ccc(Cl)cc3)CN2C1. The van der Waals surface area contributed by atoms with Crippen LogP contribution in [0.25, 0.3) is 0 Å². The van der Waals surface area contributed by atoms with E-state index in [4.69, 9.17) is 16.3 Å². The molecule has 2 aliphatic heterocycles. The van der Waals surface area contributed by atoms with Gasteiger partial charge in [0.2, 0.25) is 0 Å². The van der Waals surface area contributed by atoms with Crippen LogP contribution in [0.3, 0.4) is 0 Å². The quantitative estimate of drug-likeness (QED) is 0.875. The Labute approximate surface area is 164 Å². The van der Waals surface area contributed by atoms with Gasteiger partial charge in [0.25, 0.3) is 5.91 Å². The number of rotatable bonds is 4. The average molecular weight is 389 g/mol. The van der Waals surface area contributed by atoms with Crippen LogP contribution in [0.15, 0.2) is 30.3 Å². The van der Waals surface area contributed by atoms with Gasteiger partial charge in [0.05, 0.1) is 18.4 Å². The van der Waals surface area contributed by atoms with Gasteiger partial charge in [0.1, 0.15) is 5.69 Å². The number of aryl methyl sites for hydroxylation is 2. The zero-order chi connectivity index (χ0) is 19.0. The molecule has 2 fully saturated rings. The van der Waals surface area contributed by atoms with Crippen LogP contribution in [-0.4, -0.2) is 52.4 Å². The lowest BCUT2D eigenvalue weighted by Gasteiger charge is -2.35. The number of aromatic nitrogens is 2. The van der Waals surface area contributed by atoms with E-state index in [1.165, 1.54) is 0 Å². The van der Waals surface area contributed by atoms with Gasteiger partial charge in [-0.15, -0.1) is 0 Å². The van der Waals surface area contributed by atoms with Crippen molar-refractivity contribution in [3.63, 3.8) is 0 Å². The second-order valence-electron chi connectivity index (χ2n) is 7.37. The number of fused-ring (bicyclic) bond motifs is 1. The molecule has 0 aliphatic carbocycles. The minimum Gasteiger partial charge on any atom is -0.371 e. The maximum atomic E-state index is 12.7. The largest absolute Gasteiger partial charge is 0.371 e. The van der Waals surface area contributed by atoms with Crippen molar-refractivity contribution in [2.75, 3.05) is 19.7 Å². The number of amides is 1. The molecular formula is C20H25ClN4O2. The summed E-state index contributed by atoms with van der Waals surface area (Å²) in [4.78, 5) is 15.1. The minimum atomic E-state index is -0.0440. The topological polar surface area (TPSA) is 59.4 Å². The lowest BCUT2D eigenvalue weighted by molar-refractivity contribution is -0.0502. The van der Waals surface area contributed by atoms with E-state index in [1.54, 1.807) is 4.68 Å². The first kappa shape index (κ1) is 18.5. The molecule has 0 radical (unpaired) electrons. The number of halogens is 1. The van der Waals surface area contributed by atoms with E-state index in [1.807, 2.05) is 44.2 Å². The van der Waals surface area contributed by atoms with Gasteiger partial charge in [-0.05, 0) is 44.0 Å². The van der Waals surface area contributed by atoms with Crippen molar-refractivity contribution >= 4 is 17.5 Å². The fourth-order valence-corrected chi connectivity index (χ4v) is 4.21. The summed E-state index contributed by atoms with van der Waals surface area (Å²) in [5.41, 5.74) is 2.65. The van der Waals surface area contributed by atoms with Gasteiger partial charge in [0.15, 0.2) is 0 Å². The summed E-state index contributed by atoms with van der Waals surface area (Å²) in [6.45, 7) is 6.96. The number of nitrogens with zero attached hydrogens (tertiary/aromatic N) is 3. The molecule has 0 spiro atoms. The van der Waals surface area contributed by atoms with Crippen LogP contribution >= 0.6 is 11.6 Å². The molecule has 1 aromatic heterocycles. The molecular weight excluding hydrogens is 364 g/mol. The molecule has 2 saturated heterocycles. The molecule has 6 nitrogen and oxygen atoms in total. The maximum Gasteiger partial charge on any atom is 0.269 e. The first-order valence-corrected chi connectivity index (χ1v) is 9.87. The number of benzene rings is 1. The summed E-state index contributed by atoms with van der Waals surface area (Å²) in [6, 6.07) is 10.2. The van der Waals surface area contributed by atoms with Crippen molar-refractivity contribution in [2.24, 2.45) is 0 Å². The third-order valence-electron chi connectivity index (χ3n) is 5.43. The second-order valence-corrected chi connectivity index (χ2v) is 7.81. The predicted octanol–water partition coefficient (Wildman–Crippen LogP) is 2.81. The zero-order valence-electron chi connectivity index (χ0n) is 15.7. The van der Waals surface area contributed by atoms with Crippen molar-refractivity contribution in [1.82, 2.24) is 20.0 Å². The number of carbonyl (C=O) groups is 1. The number of ether oxygens (including phenoxy) is 1. The number of morpholine rings is 1. The highest BCUT2D eigenvalue weighted by atomic mass is 35.5. The van der Waals surface area contributed by atoms with Gasteiger partial charge in [-0.25, -0.2) is 0 Å². The minimum absolute atomic E-state index is 0.0440. The van der Waals surface area contributed by atoms with E-state index in [0.29, 0.717) is 24.9 Å². The molecule has 1 N–H and O–H groups in total. The van der Waals surface area contributed by atoms with Gasteiger partial charge in [0, 0.05) is 36.7 Å². The van der Waals surface area contributed by atoms with E-state index in [-0.39, 0.29) is 18.1 Å². The third-order valence-corrected chi connectivity index (χ3v) is 5.68. The highest BCUT2D eigenvalue weighted by Crippen LogP contribution is 2.31. The monoisotopic (exact) mass is 388 g/mol. The van der Waals surface area contributed by atoms with Crippen LogP contribution in [0, 0.1) is 6.92 Å². The summed E-state index contributed by atoms with van der Waals surface area (Å²) in [7, 11) is 0. The first-order chi connectivity index (χ1) is 13.0. The molecule has 1 amide bonds. The molecule has 3 heterocycles. The van der Waals surface area contributed by atoms with Gasteiger partial charge in [-0.3, -0.25) is 14.4 Å². The highest BCUT2D eigenvalue weighted by Gasteiger charge is 2.38. The zero-order valence-corrected chi connectivity index (χ0v) is 16.4. The molecule has 2 aromatic rings. The van der Waals surface area contributed by atoms with Crippen LogP contribution in [0.4, 0.5) is 0 Å². The molecule has 2 aliphatic rings. The highest BCUT2D eigenvalue weighted by molar-refractivity contribution is 6.30. The predicted molar refractivity (Wildman–Crippen MR) is 104 cm³/mol. The summed E-state index contributed by atoms with van der Waals surface area (Å²) < 4.78 is 7.84. The van der Waals surface area contributed by atoms with E-state index in [9.17, 15) is 4.79 Å². The summed E-state index contributed by atoms with van der Waals surface area (Å²) in [5, 5.41) is 8.28. The van der Waals surface area contributed by atoms with E-state index < -0.39 is 0 Å². The van der Waals surface area contributed by atoms with Crippen molar-refractivity contribution in [1.29, 1.82) is 0 Å². The Morgan fingerprint density at radius 1 is 1.33 bits per heavy atom. The Morgan fingerprint density at radius 3 is 2.85 bits per heavy atom. The summed E-state index contributed by atoms with van der Waals surface area (Å²) in [6.07, 6.45) is 0.968. The van der Waals surface area contributed by atoms with E-state index in [2.05, 4.69) is 15.3 Å². The summed E-state index contributed by atoms with van der Waals surface area (Å²) >= 11 is 5.98. The van der Waals surface area contributed by atoms with Crippen LogP contribution in [0.2, 0.25) is 5.02 Å². The Hall–Kier alpha value is -1.89. The molecule has 27 heavy (non-hydrogen) atoms. The fraction of sp³-hybridized carbons (Fsp3) is 0.500. The molecule has 144 valence electrons. The Bertz CT molecular complexity index is 820. The Balaban J connectivity index is 1.38. The van der Waals surface area contributed by atoms with Gasteiger partial charge < -0.3 is 10.1 Å². The molecule has 0 unspecified atom stereocenters. The number of hydrogen-bond donors (Lipinski definition) is 1. The molecule has 0 bridgehead atoms. The standard InChI is InChI=1S/C20H25ClN4O2/c1-3-25-18(8-13(2)23-25)20(26)22-16-9-17-12-27-19(11-24(17)10-16)14-4-6-15(21)7-5-14/h4-8,16-17,19H,3,9-12H2,1-2H3,(H,22,26)/t16-,17-,19+/m0/s1. The van der Waals surface area contributed by atoms with Crippen molar-refractivity contribution in [3.05, 3.63) is 52.3 Å². The lowest BCUT2D eigenvalue weighted by atomic mass is 10.1. The summed E-state index contributed by atoms with van der Waals surface area (Å²) in [5.74, 6) is -0.0440. The molecule has 1 aromatic carbocycles. The molecule has 7 heteroatoms. The van der Waals surface area contributed by atoms with Crippen molar-refractivity contribution in [2.45, 2.75) is 45.0 Å². The van der Waals surface area contributed by atoms with Crippen LogP contribution in [-0.2, 0) is 11.3 Å². The Morgan fingerprint density at radius 2 is 2.11 bits per heavy atom.